The molecule has 2 rings (SSSR count). The minimum Gasteiger partial charge on any atom is -0.492 e. The summed E-state index contributed by atoms with van der Waals surface area (Å²) in [5.41, 5.74) is -0.523. The third-order valence-electron chi connectivity index (χ3n) is 4.01. The van der Waals surface area contributed by atoms with Crippen LogP contribution in [0.3, 0.4) is 0 Å². The van der Waals surface area contributed by atoms with Crippen LogP contribution in [0.2, 0.25) is 0 Å². The van der Waals surface area contributed by atoms with Gasteiger partial charge in [0, 0.05) is 25.7 Å². The molecule has 29 heavy (non-hydrogen) atoms. The number of alkyl carbamates (subject to hydrolysis) is 1. The van der Waals surface area contributed by atoms with E-state index in [1.54, 1.807) is 0 Å². The molecule has 1 aliphatic rings. The topological polar surface area (TPSA) is 60.0 Å². The SMILES string of the molecule is CC(C)(C)OC(=O)NC1CCN(CCCOc2ccc(OC(F)(F)F)cc2Br)C1. The van der Waals surface area contributed by atoms with Crippen molar-refractivity contribution < 1.29 is 32.2 Å². The van der Waals surface area contributed by atoms with Gasteiger partial charge >= 0.3 is 12.5 Å². The van der Waals surface area contributed by atoms with Crippen LogP contribution in [0.4, 0.5) is 18.0 Å². The Morgan fingerprint density at radius 1 is 1.31 bits per heavy atom. The standard InChI is InChI=1S/C19H26BrF3N2O4/c1-18(2,3)29-17(26)24-13-7-9-25(12-13)8-4-10-27-16-6-5-14(11-15(16)20)28-19(21,22)23/h5-6,11,13H,4,7-10,12H2,1-3H3,(H,24,26). The van der Waals surface area contributed by atoms with Crippen LogP contribution < -0.4 is 14.8 Å². The van der Waals surface area contributed by atoms with E-state index in [4.69, 9.17) is 9.47 Å². The zero-order chi connectivity index (χ0) is 21.7. The van der Waals surface area contributed by atoms with Gasteiger partial charge in [0.05, 0.1) is 11.1 Å². The number of halogens is 4. The first-order chi connectivity index (χ1) is 13.4. The second-order valence-electron chi connectivity index (χ2n) is 7.77. The maximum Gasteiger partial charge on any atom is 0.573 e. The molecule has 1 fully saturated rings. The van der Waals surface area contributed by atoms with E-state index in [1.165, 1.54) is 18.2 Å². The van der Waals surface area contributed by atoms with Gasteiger partial charge in [0.1, 0.15) is 17.1 Å². The van der Waals surface area contributed by atoms with E-state index in [-0.39, 0.29) is 11.8 Å². The highest BCUT2D eigenvalue weighted by molar-refractivity contribution is 9.10. The minimum absolute atomic E-state index is 0.0566. The molecule has 0 saturated carbocycles. The van der Waals surface area contributed by atoms with Crippen LogP contribution in [0.15, 0.2) is 22.7 Å². The summed E-state index contributed by atoms with van der Waals surface area (Å²) in [6.07, 6.45) is -3.54. The van der Waals surface area contributed by atoms with Crippen molar-refractivity contribution in [3.63, 3.8) is 0 Å². The molecule has 1 aromatic rings. The summed E-state index contributed by atoms with van der Waals surface area (Å²) in [6.45, 7) is 8.28. The van der Waals surface area contributed by atoms with Gasteiger partial charge in [-0.3, -0.25) is 0 Å². The Morgan fingerprint density at radius 2 is 2.03 bits per heavy atom. The van der Waals surface area contributed by atoms with Gasteiger partial charge < -0.3 is 24.4 Å². The average Bonchev–Trinajstić information content (AvgIpc) is 2.97. The first-order valence-corrected chi connectivity index (χ1v) is 10.1. The van der Waals surface area contributed by atoms with Crippen molar-refractivity contribution in [3.8, 4) is 11.5 Å². The highest BCUT2D eigenvalue weighted by Crippen LogP contribution is 2.32. The molecule has 0 spiro atoms. The third-order valence-corrected chi connectivity index (χ3v) is 4.63. The van der Waals surface area contributed by atoms with Crippen LogP contribution in [0, 0.1) is 0 Å². The normalized spacial score (nSPS) is 17.8. The van der Waals surface area contributed by atoms with Crippen molar-refractivity contribution in [2.75, 3.05) is 26.2 Å². The molecule has 1 aromatic carbocycles. The highest BCUT2D eigenvalue weighted by atomic mass is 79.9. The Bertz CT molecular complexity index is 695. The number of amides is 1. The summed E-state index contributed by atoms with van der Waals surface area (Å²) in [4.78, 5) is 14.0. The fourth-order valence-electron chi connectivity index (χ4n) is 2.89. The molecule has 10 heteroatoms. The molecule has 0 aliphatic carbocycles. The fourth-order valence-corrected chi connectivity index (χ4v) is 3.37. The van der Waals surface area contributed by atoms with Crippen molar-refractivity contribution in [2.24, 2.45) is 0 Å². The van der Waals surface area contributed by atoms with Crippen LogP contribution in [0.1, 0.15) is 33.6 Å². The Morgan fingerprint density at radius 3 is 2.66 bits per heavy atom. The Hall–Kier alpha value is -1.68. The number of likely N-dealkylation sites (tertiary alicyclic amines) is 1. The smallest absolute Gasteiger partial charge is 0.492 e. The lowest BCUT2D eigenvalue weighted by atomic mass is 10.2. The van der Waals surface area contributed by atoms with Gasteiger partial charge in [-0.05, 0) is 67.7 Å². The van der Waals surface area contributed by atoms with Crippen LogP contribution in [-0.4, -0.2) is 55.2 Å². The summed E-state index contributed by atoms with van der Waals surface area (Å²) in [6, 6.07) is 3.92. The summed E-state index contributed by atoms with van der Waals surface area (Å²) >= 11 is 3.19. The first-order valence-electron chi connectivity index (χ1n) is 9.31. The van der Waals surface area contributed by atoms with Crippen LogP contribution >= 0.6 is 15.9 Å². The van der Waals surface area contributed by atoms with Gasteiger partial charge in [0.15, 0.2) is 0 Å². The zero-order valence-electron chi connectivity index (χ0n) is 16.6. The molecule has 1 aliphatic heterocycles. The monoisotopic (exact) mass is 482 g/mol. The fraction of sp³-hybridized carbons (Fsp3) is 0.632. The van der Waals surface area contributed by atoms with Crippen molar-refractivity contribution in [1.29, 1.82) is 0 Å². The molecule has 0 aromatic heterocycles. The van der Waals surface area contributed by atoms with Crippen molar-refractivity contribution in [2.45, 2.75) is 51.6 Å². The molecule has 164 valence electrons. The number of carbonyl (C=O) groups excluding carboxylic acids is 1. The lowest BCUT2D eigenvalue weighted by molar-refractivity contribution is -0.274. The van der Waals surface area contributed by atoms with Crippen molar-refractivity contribution in [3.05, 3.63) is 22.7 Å². The van der Waals surface area contributed by atoms with E-state index < -0.39 is 18.1 Å². The van der Waals surface area contributed by atoms with Gasteiger partial charge in [-0.1, -0.05) is 0 Å². The van der Waals surface area contributed by atoms with E-state index in [0.717, 1.165) is 32.5 Å². The van der Waals surface area contributed by atoms with E-state index in [9.17, 15) is 18.0 Å². The van der Waals surface area contributed by atoms with Crippen molar-refractivity contribution >= 4 is 22.0 Å². The van der Waals surface area contributed by atoms with Crippen LogP contribution in [0.25, 0.3) is 0 Å². The lowest BCUT2D eigenvalue weighted by Crippen LogP contribution is -2.40. The van der Waals surface area contributed by atoms with E-state index >= 15 is 0 Å². The number of rotatable bonds is 7. The van der Waals surface area contributed by atoms with Gasteiger partial charge in [-0.2, -0.15) is 0 Å². The zero-order valence-corrected chi connectivity index (χ0v) is 18.2. The van der Waals surface area contributed by atoms with Gasteiger partial charge in [0.25, 0.3) is 0 Å². The Kier molecular flexibility index (Phi) is 8.04. The van der Waals surface area contributed by atoms with E-state index in [0.29, 0.717) is 16.8 Å². The number of nitrogens with zero attached hydrogens (tertiary/aromatic N) is 1. The maximum absolute atomic E-state index is 12.2. The number of nitrogens with one attached hydrogen (secondary N) is 1. The van der Waals surface area contributed by atoms with E-state index in [2.05, 4.69) is 30.9 Å². The molecule has 1 unspecified atom stereocenters. The molecule has 1 saturated heterocycles. The number of benzene rings is 1. The second-order valence-corrected chi connectivity index (χ2v) is 8.63. The van der Waals surface area contributed by atoms with Gasteiger partial charge in [-0.25, -0.2) is 4.79 Å². The molecule has 0 radical (unpaired) electrons. The molecule has 0 bridgehead atoms. The number of ether oxygens (including phenoxy) is 3. The second kappa shape index (κ2) is 9.88. The largest absolute Gasteiger partial charge is 0.573 e. The summed E-state index contributed by atoms with van der Waals surface area (Å²) in [5, 5.41) is 2.88. The van der Waals surface area contributed by atoms with Gasteiger partial charge in [0.2, 0.25) is 0 Å². The number of carbonyl (C=O) groups is 1. The number of alkyl halides is 3. The Labute approximate surface area is 176 Å². The maximum atomic E-state index is 12.2. The third kappa shape index (κ3) is 9.12. The van der Waals surface area contributed by atoms with Crippen molar-refractivity contribution in [1.82, 2.24) is 10.2 Å². The summed E-state index contributed by atoms with van der Waals surface area (Å²) in [5.74, 6) is 0.141. The molecule has 6 nitrogen and oxygen atoms in total. The Balaban J connectivity index is 1.68. The summed E-state index contributed by atoms with van der Waals surface area (Å²) in [7, 11) is 0. The van der Waals surface area contributed by atoms with Crippen LogP contribution in [0.5, 0.6) is 11.5 Å². The first kappa shape index (κ1) is 23.6. The molecule has 1 N–H and O–H groups in total. The van der Waals surface area contributed by atoms with Crippen LogP contribution in [-0.2, 0) is 4.74 Å². The molecule has 1 amide bonds. The highest BCUT2D eigenvalue weighted by Gasteiger charge is 2.31. The predicted molar refractivity (Wildman–Crippen MR) is 105 cm³/mol. The predicted octanol–water partition coefficient (Wildman–Crippen LogP) is 4.72. The molecular weight excluding hydrogens is 457 g/mol. The van der Waals surface area contributed by atoms with E-state index in [1.807, 2.05) is 20.8 Å². The summed E-state index contributed by atoms with van der Waals surface area (Å²) < 4.78 is 51.9. The molecule has 1 heterocycles. The minimum atomic E-state index is -4.73. The average molecular weight is 483 g/mol. The lowest BCUT2D eigenvalue weighted by Gasteiger charge is -2.22. The van der Waals surface area contributed by atoms with Gasteiger partial charge in [-0.15, -0.1) is 13.2 Å². The number of hydrogen-bond donors (Lipinski definition) is 1. The molecule has 1 atom stereocenters. The number of hydrogen-bond acceptors (Lipinski definition) is 5. The quantitative estimate of drug-likeness (QED) is 0.570. The molecular formula is C19H26BrF3N2O4.